The van der Waals surface area contributed by atoms with E-state index in [0.717, 1.165) is 23.8 Å². The molecule has 0 saturated heterocycles. The highest BCUT2D eigenvalue weighted by atomic mass is 35.5. The van der Waals surface area contributed by atoms with Crippen LogP contribution in [0.15, 0.2) is 30.9 Å². The molecule has 1 aromatic heterocycles. The molecule has 1 atom stereocenters. The van der Waals surface area contributed by atoms with Gasteiger partial charge < -0.3 is 8.75 Å². The molecule has 1 unspecified atom stereocenters. The first-order chi connectivity index (χ1) is 11.4. The Hall–Kier alpha value is -0.370. The summed E-state index contributed by atoms with van der Waals surface area (Å²) in [6.07, 6.45) is 5.11. The molecular formula is C15H15Cl3N2O2S2. The highest BCUT2D eigenvalue weighted by Gasteiger charge is 2.24. The fourth-order valence-electron chi connectivity index (χ4n) is 1.91. The zero-order valence-corrected chi connectivity index (χ0v) is 16.8. The second-order valence-corrected chi connectivity index (χ2v) is 8.54. The molecule has 0 saturated carbocycles. The monoisotopic (exact) mass is 424 g/mol. The smallest absolute Gasteiger partial charge is 0.273 e. The van der Waals surface area contributed by atoms with Gasteiger partial charge in [-0.15, -0.1) is 0 Å². The number of benzene rings is 1. The summed E-state index contributed by atoms with van der Waals surface area (Å²) in [5.74, 6) is 0. The van der Waals surface area contributed by atoms with Crippen molar-refractivity contribution in [3.05, 3.63) is 51.5 Å². The molecule has 0 amide bonds. The van der Waals surface area contributed by atoms with E-state index in [4.69, 9.17) is 39.0 Å². The summed E-state index contributed by atoms with van der Waals surface area (Å²) in [6.45, 7) is 4.21. The largest absolute Gasteiger partial charge is 0.336 e. The second kappa shape index (κ2) is 9.36. The summed E-state index contributed by atoms with van der Waals surface area (Å²) in [7, 11) is 0. The molecule has 2 rings (SSSR count). The number of nitrogens with zero attached hydrogens (tertiary/aromatic N) is 2. The number of imidazole rings is 1. The second-order valence-electron chi connectivity index (χ2n) is 5.13. The van der Waals surface area contributed by atoms with Crippen molar-refractivity contribution >= 4 is 63.1 Å². The minimum absolute atomic E-state index is 0.0469. The standard InChI is InChI=1S/C15H15Cl3N2O2S2/c1-9(2)22-24-15(21)23-13(7-20-4-3-19-8-20)14-11(17)5-10(16)6-12(14)18/h3-6,8-9,13H,7H2,1-2H3. The zero-order valence-electron chi connectivity index (χ0n) is 12.9. The van der Waals surface area contributed by atoms with Gasteiger partial charge in [0.05, 0.1) is 29.7 Å². The molecule has 24 heavy (non-hydrogen) atoms. The fraction of sp³-hybridized carbons (Fsp3) is 0.333. The molecule has 0 aliphatic rings. The van der Waals surface area contributed by atoms with Crippen molar-refractivity contribution in [2.75, 3.05) is 0 Å². The molecule has 0 fully saturated rings. The van der Waals surface area contributed by atoms with Crippen LogP contribution in [0.2, 0.25) is 15.1 Å². The third-order valence-corrected chi connectivity index (χ3v) is 5.66. The summed E-state index contributed by atoms with van der Waals surface area (Å²) in [4.78, 5) is 16.2. The Labute approximate surface area is 164 Å². The number of halogens is 3. The molecule has 9 heteroatoms. The van der Waals surface area contributed by atoms with E-state index in [2.05, 4.69) is 4.98 Å². The summed E-state index contributed by atoms with van der Waals surface area (Å²) < 4.78 is 6.99. The summed E-state index contributed by atoms with van der Waals surface area (Å²) >= 11 is 20.6. The van der Waals surface area contributed by atoms with Crippen LogP contribution in [0.5, 0.6) is 0 Å². The van der Waals surface area contributed by atoms with Crippen LogP contribution in [-0.4, -0.2) is 20.1 Å². The van der Waals surface area contributed by atoms with E-state index in [1.165, 1.54) is 0 Å². The third kappa shape index (κ3) is 5.86. The van der Waals surface area contributed by atoms with Gasteiger partial charge in [0.15, 0.2) is 0 Å². The molecule has 1 heterocycles. The molecule has 0 spiro atoms. The maximum atomic E-state index is 12.2. The van der Waals surface area contributed by atoms with E-state index >= 15 is 0 Å². The van der Waals surface area contributed by atoms with Crippen LogP contribution in [0.3, 0.4) is 0 Å². The minimum atomic E-state index is -0.299. The third-order valence-electron chi connectivity index (χ3n) is 2.85. The predicted octanol–water partition coefficient (Wildman–Crippen LogP) is 6.51. The molecule has 0 radical (unpaired) electrons. The fourth-order valence-corrected chi connectivity index (χ4v) is 4.86. The highest BCUT2D eigenvalue weighted by molar-refractivity contribution is 8.36. The minimum Gasteiger partial charge on any atom is -0.336 e. The lowest BCUT2D eigenvalue weighted by atomic mass is 10.1. The van der Waals surface area contributed by atoms with Gasteiger partial charge in [0.25, 0.3) is 4.45 Å². The van der Waals surface area contributed by atoms with Gasteiger partial charge in [-0.1, -0.05) is 46.6 Å². The molecule has 0 aliphatic heterocycles. The lowest BCUT2D eigenvalue weighted by Crippen LogP contribution is -2.08. The van der Waals surface area contributed by atoms with Crippen molar-refractivity contribution < 1.29 is 8.98 Å². The molecule has 1 aromatic carbocycles. The Morgan fingerprint density at radius 3 is 2.50 bits per heavy atom. The Kier molecular flexibility index (Phi) is 7.78. The van der Waals surface area contributed by atoms with Gasteiger partial charge in [0.2, 0.25) is 0 Å². The Morgan fingerprint density at radius 1 is 1.29 bits per heavy atom. The van der Waals surface area contributed by atoms with Crippen molar-refractivity contribution in [3.63, 3.8) is 0 Å². The summed E-state index contributed by atoms with van der Waals surface area (Å²) in [5, 5.41) is 0.997. The number of aromatic nitrogens is 2. The maximum absolute atomic E-state index is 12.2. The number of rotatable bonds is 6. The van der Waals surface area contributed by atoms with E-state index in [1.54, 1.807) is 24.7 Å². The van der Waals surface area contributed by atoms with Gasteiger partial charge in [-0.3, -0.25) is 4.79 Å². The van der Waals surface area contributed by atoms with Gasteiger partial charge in [0, 0.05) is 39.6 Å². The average Bonchev–Trinajstić information content (AvgIpc) is 2.96. The van der Waals surface area contributed by atoms with Crippen molar-refractivity contribution in [1.29, 1.82) is 0 Å². The number of thioether (sulfide) groups is 1. The number of hydrogen-bond acceptors (Lipinski definition) is 5. The molecule has 0 aliphatic carbocycles. The average molecular weight is 426 g/mol. The van der Waals surface area contributed by atoms with E-state index in [1.807, 2.05) is 24.6 Å². The SMILES string of the molecule is CC(C)OSC(=O)SC(Cn1ccnc1)c1c(Cl)cc(Cl)cc1Cl. The van der Waals surface area contributed by atoms with Crippen LogP contribution in [0.25, 0.3) is 0 Å². The number of carbonyl (C=O) groups excluding carboxylic acids is 1. The lowest BCUT2D eigenvalue weighted by molar-refractivity contribution is 0.265. The van der Waals surface area contributed by atoms with Gasteiger partial charge in [-0.05, 0) is 26.0 Å². The topological polar surface area (TPSA) is 44.1 Å². The molecule has 0 N–H and O–H groups in total. The van der Waals surface area contributed by atoms with Crippen LogP contribution >= 0.6 is 58.6 Å². The predicted molar refractivity (Wildman–Crippen MR) is 103 cm³/mol. The molecule has 0 bridgehead atoms. The van der Waals surface area contributed by atoms with Gasteiger partial charge in [0.1, 0.15) is 0 Å². The van der Waals surface area contributed by atoms with E-state index in [0.29, 0.717) is 27.2 Å². The summed E-state index contributed by atoms with van der Waals surface area (Å²) in [6, 6.07) is 3.24. The van der Waals surface area contributed by atoms with Crippen LogP contribution in [0.1, 0.15) is 24.7 Å². The number of carbonyl (C=O) groups is 1. The van der Waals surface area contributed by atoms with E-state index < -0.39 is 0 Å². The van der Waals surface area contributed by atoms with Crippen molar-refractivity contribution in [2.45, 2.75) is 31.7 Å². The van der Waals surface area contributed by atoms with Crippen LogP contribution in [0.4, 0.5) is 4.79 Å². The van der Waals surface area contributed by atoms with Gasteiger partial charge in [-0.25, -0.2) is 4.98 Å². The van der Waals surface area contributed by atoms with Crippen molar-refractivity contribution in [2.24, 2.45) is 0 Å². The van der Waals surface area contributed by atoms with Gasteiger partial charge in [-0.2, -0.15) is 0 Å². The van der Waals surface area contributed by atoms with Gasteiger partial charge >= 0.3 is 0 Å². The molecule has 2 aromatic rings. The molecule has 130 valence electrons. The zero-order chi connectivity index (χ0) is 17.7. The van der Waals surface area contributed by atoms with Crippen molar-refractivity contribution in [3.8, 4) is 0 Å². The molecular weight excluding hydrogens is 411 g/mol. The highest BCUT2D eigenvalue weighted by Crippen LogP contribution is 2.43. The Balaban J connectivity index is 2.24. The van der Waals surface area contributed by atoms with Crippen LogP contribution in [-0.2, 0) is 10.7 Å². The number of hydrogen-bond donors (Lipinski definition) is 0. The first-order valence-electron chi connectivity index (χ1n) is 7.01. The first-order valence-corrected chi connectivity index (χ1v) is 9.76. The lowest BCUT2D eigenvalue weighted by Gasteiger charge is -2.19. The normalized spacial score (nSPS) is 12.6. The van der Waals surface area contributed by atoms with Crippen LogP contribution in [0, 0.1) is 0 Å². The first kappa shape index (κ1) is 19.9. The van der Waals surface area contributed by atoms with Crippen LogP contribution < -0.4 is 0 Å². The van der Waals surface area contributed by atoms with E-state index in [9.17, 15) is 4.79 Å². The maximum Gasteiger partial charge on any atom is 0.273 e. The quantitative estimate of drug-likeness (QED) is 0.493. The molecule has 4 nitrogen and oxygen atoms in total. The Morgan fingerprint density at radius 2 is 1.96 bits per heavy atom. The van der Waals surface area contributed by atoms with Crippen molar-refractivity contribution in [1.82, 2.24) is 9.55 Å². The van der Waals surface area contributed by atoms with E-state index in [-0.39, 0.29) is 15.8 Å². The Bertz CT molecular complexity index is 673. The summed E-state index contributed by atoms with van der Waals surface area (Å²) in [5.41, 5.74) is 0.667.